The van der Waals surface area contributed by atoms with Crippen LogP contribution in [0.2, 0.25) is 5.02 Å². The van der Waals surface area contributed by atoms with E-state index in [2.05, 4.69) is 5.32 Å². The van der Waals surface area contributed by atoms with Gasteiger partial charge in [0.1, 0.15) is 0 Å². The summed E-state index contributed by atoms with van der Waals surface area (Å²) in [5, 5.41) is 19.1. The molecule has 2 N–H and O–H groups in total. The van der Waals surface area contributed by atoms with Crippen LogP contribution in [0.5, 0.6) is 0 Å². The van der Waals surface area contributed by atoms with E-state index in [4.69, 9.17) is 16.7 Å². The number of benzene rings is 4. The minimum absolute atomic E-state index is 0.122. The molecule has 7 nitrogen and oxygen atoms in total. The fourth-order valence-corrected chi connectivity index (χ4v) is 6.17. The van der Waals surface area contributed by atoms with E-state index >= 15 is 0 Å². The third-order valence-electron chi connectivity index (χ3n) is 8.19. The van der Waals surface area contributed by atoms with E-state index in [0.29, 0.717) is 21.8 Å². The quantitative estimate of drug-likeness (QED) is 0.196. The Labute approximate surface area is 253 Å². The molecule has 8 heteroatoms. The molecule has 5 aromatic rings. The van der Waals surface area contributed by atoms with Crippen LogP contribution in [0.15, 0.2) is 102 Å². The van der Waals surface area contributed by atoms with E-state index < -0.39 is 5.97 Å². The summed E-state index contributed by atoms with van der Waals surface area (Å²) >= 11 is 6.11. The molecule has 1 unspecified atom stereocenters. The SMILES string of the molecule is O=C(O)c1cccc(NC(=O)C(c2ccc(Cn3nc(-c4ccc(Cl)cc4)c4ccccc4c3=O)cc2)C2CCCC2)c1. The van der Waals surface area contributed by atoms with Crippen LogP contribution < -0.4 is 10.9 Å². The zero-order valence-corrected chi connectivity index (χ0v) is 24.1. The Morgan fingerprint density at radius 2 is 1.60 bits per heavy atom. The van der Waals surface area contributed by atoms with Gasteiger partial charge in [-0.1, -0.05) is 85.1 Å². The van der Waals surface area contributed by atoms with E-state index in [1.165, 1.54) is 16.8 Å². The molecule has 6 rings (SSSR count). The van der Waals surface area contributed by atoms with Crippen molar-refractivity contribution < 1.29 is 14.7 Å². The number of halogens is 1. The summed E-state index contributed by atoms with van der Waals surface area (Å²) in [4.78, 5) is 38.4. The Morgan fingerprint density at radius 1 is 0.907 bits per heavy atom. The van der Waals surface area contributed by atoms with Gasteiger partial charge in [0, 0.05) is 21.7 Å². The average molecular weight is 592 g/mol. The lowest BCUT2D eigenvalue weighted by atomic mass is 9.83. The number of carboxylic acids is 1. The molecule has 0 spiro atoms. The fraction of sp³-hybridized carbons (Fsp3) is 0.200. The molecule has 1 aliphatic carbocycles. The van der Waals surface area contributed by atoms with Crippen LogP contribution in [0.1, 0.15) is 53.1 Å². The van der Waals surface area contributed by atoms with Crippen molar-refractivity contribution in [3.63, 3.8) is 0 Å². The first-order valence-electron chi connectivity index (χ1n) is 14.4. The van der Waals surface area contributed by atoms with Gasteiger partial charge in [0.15, 0.2) is 0 Å². The van der Waals surface area contributed by atoms with Crippen LogP contribution in [-0.4, -0.2) is 26.8 Å². The molecule has 1 amide bonds. The highest BCUT2D eigenvalue weighted by molar-refractivity contribution is 6.30. The number of rotatable bonds is 8. The van der Waals surface area contributed by atoms with Gasteiger partial charge in [-0.15, -0.1) is 0 Å². The molecular weight excluding hydrogens is 562 g/mol. The monoisotopic (exact) mass is 591 g/mol. The first kappa shape index (κ1) is 28.4. The molecule has 0 bridgehead atoms. The Balaban J connectivity index is 1.29. The first-order valence-corrected chi connectivity index (χ1v) is 14.7. The number of amides is 1. The van der Waals surface area contributed by atoms with Crippen molar-refractivity contribution in [2.24, 2.45) is 5.92 Å². The summed E-state index contributed by atoms with van der Waals surface area (Å²) in [6.45, 7) is 0.271. The van der Waals surface area contributed by atoms with Crippen LogP contribution in [0.25, 0.3) is 22.0 Å². The van der Waals surface area contributed by atoms with Crippen LogP contribution >= 0.6 is 11.6 Å². The predicted octanol–water partition coefficient (Wildman–Crippen LogP) is 7.38. The number of carboxylic acid groups (broad SMARTS) is 1. The number of aromatic carboxylic acids is 1. The van der Waals surface area contributed by atoms with E-state index in [-0.39, 0.29) is 35.4 Å². The van der Waals surface area contributed by atoms with Crippen molar-refractivity contribution in [1.82, 2.24) is 9.78 Å². The van der Waals surface area contributed by atoms with Gasteiger partial charge >= 0.3 is 5.97 Å². The number of nitrogens with zero attached hydrogens (tertiary/aromatic N) is 2. The molecule has 1 saturated carbocycles. The second-order valence-electron chi connectivity index (χ2n) is 11.0. The summed E-state index contributed by atoms with van der Waals surface area (Å²) in [5.41, 5.74) is 3.75. The third kappa shape index (κ3) is 6.08. The topological polar surface area (TPSA) is 101 Å². The number of hydrogen-bond donors (Lipinski definition) is 2. The van der Waals surface area contributed by atoms with E-state index in [9.17, 15) is 19.5 Å². The Kier molecular flexibility index (Phi) is 8.07. The van der Waals surface area contributed by atoms with Crippen molar-refractivity contribution in [1.29, 1.82) is 0 Å². The van der Waals surface area contributed by atoms with Gasteiger partial charge in [0.05, 0.1) is 29.1 Å². The van der Waals surface area contributed by atoms with Crippen molar-refractivity contribution in [2.45, 2.75) is 38.1 Å². The second-order valence-corrected chi connectivity index (χ2v) is 11.4. The number of hydrogen-bond acceptors (Lipinski definition) is 4. The van der Waals surface area contributed by atoms with Crippen molar-refractivity contribution >= 4 is 39.9 Å². The van der Waals surface area contributed by atoms with Gasteiger partial charge < -0.3 is 10.4 Å². The molecular formula is C35H30ClN3O4. The average Bonchev–Trinajstić information content (AvgIpc) is 3.54. The molecule has 1 aliphatic rings. The minimum atomic E-state index is -1.04. The number of fused-ring (bicyclic) bond motifs is 1. The minimum Gasteiger partial charge on any atom is -0.478 e. The van der Waals surface area contributed by atoms with E-state index in [0.717, 1.165) is 47.8 Å². The largest absolute Gasteiger partial charge is 0.478 e. The molecule has 1 atom stereocenters. The van der Waals surface area contributed by atoms with E-state index in [1.54, 1.807) is 24.3 Å². The first-order chi connectivity index (χ1) is 20.9. The molecule has 43 heavy (non-hydrogen) atoms. The Morgan fingerprint density at radius 3 is 2.30 bits per heavy atom. The highest BCUT2D eigenvalue weighted by atomic mass is 35.5. The zero-order valence-electron chi connectivity index (χ0n) is 23.4. The maximum Gasteiger partial charge on any atom is 0.335 e. The Bertz CT molecular complexity index is 1860. The Hall–Kier alpha value is -4.75. The zero-order chi connectivity index (χ0) is 29.9. The molecule has 4 aromatic carbocycles. The molecule has 216 valence electrons. The number of carbonyl (C=O) groups is 2. The number of carbonyl (C=O) groups excluding carboxylic acids is 1. The lowest BCUT2D eigenvalue weighted by Gasteiger charge is -2.23. The lowest BCUT2D eigenvalue weighted by Crippen LogP contribution is -2.27. The summed E-state index contributed by atoms with van der Waals surface area (Å²) in [7, 11) is 0. The van der Waals surface area contributed by atoms with Gasteiger partial charge in [-0.3, -0.25) is 9.59 Å². The summed E-state index contributed by atoms with van der Waals surface area (Å²) in [5.74, 6) is -1.37. The molecule has 0 aliphatic heterocycles. The maximum atomic E-state index is 13.6. The van der Waals surface area contributed by atoms with Crippen molar-refractivity contribution in [2.75, 3.05) is 5.32 Å². The lowest BCUT2D eigenvalue weighted by molar-refractivity contribution is -0.118. The second kappa shape index (κ2) is 12.2. The molecule has 1 heterocycles. The molecule has 1 aromatic heterocycles. The summed E-state index contributed by atoms with van der Waals surface area (Å²) in [6.07, 6.45) is 4.07. The molecule has 0 radical (unpaired) electrons. The molecule has 0 saturated heterocycles. The molecule has 1 fully saturated rings. The third-order valence-corrected chi connectivity index (χ3v) is 8.44. The van der Waals surface area contributed by atoms with Crippen LogP contribution in [0.3, 0.4) is 0 Å². The predicted molar refractivity (Wildman–Crippen MR) is 169 cm³/mol. The number of nitrogens with one attached hydrogen (secondary N) is 1. The normalized spacial score (nSPS) is 14.1. The van der Waals surface area contributed by atoms with Gasteiger partial charge in [-0.2, -0.15) is 5.10 Å². The smallest absolute Gasteiger partial charge is 0.335 e. The summed E-state index contributed by atoms with van der Waals surface area (Å²) < 4.78 is 1.48. The number of aromatic nitrogens is 2. The summed E-state index contributed by atoms with van der Waals surface area (Å²) in [6, 6.07) is 29.0. The number of anilines is 1. The van der Waals surface area contributed by atoms with E-state index in [1.807, 2.05) is 60.7 Å². The highest BCUT2D eigenvalue weighted by Gasteiger charge is 2.32. The van der Waals surface area contributed by atoms with Crippen molar-refractivity contribution in [3.8, 4) is 11.3 Å². The standard InChI is InChI=1S/C35H30ClN3O4/c36-27-18-16-25(17-19-27)32-29-10-3-4-11-30(29)34(41)39(38-32)21-22-12-14-24(15-13-22)31(23-6-1-2-7-23)33(40)37-28-9-5-8-26(20-28)35(42)43/h3-5,8-20,23,31H,1-2,6-7,21H2,(H,37,40)(H,42,43). The van der Waals surface area contributed by atoms with Crippen LogP contribution in [0, 0.1) is 5.92 Å². The van der Waals surface area contributed by atoms with Crippen LogP contribution in [-0.2, 0) is 11.3 Å². The van der Waals surface area contributed by atoms with Gasteiger partial charge in [0.25, 0.3) is 5.56 Å². The maximum absolute atomic E-state index is 13.6. The van der Waals surface area contributed by atoms with Crippen molar-refractivity contribution in [3.05, 3.63) is 129 Å². The fourth-order valence-electron chi connectivity index (χ4n) is 6.04. The highest BCUT2D eigenvalue weighted by Crippen LogP contribution is 2.38. The van der Waals surface area contributed by atoms with Gasteiger partial charge in [0.2, 0.25) is 5.91 Å². The van der Waals surface area contributed by atoms with Gasteiger partial charge in [-0.25, -0.2) is 9.48 Å². The van der Waals surface area contributed by atoms with Gasteiger partial charge in [-0.05, 0) is 66.3 Å². The van der Waals surface area contributed by atoms with Crippen LogP contribution in [0.4, 0.5) is 5.69 Å².